The van der Waals surface area contributed by atoms with E-state index < -0.39 is 6.10 Å². The molecule has 46 heavy (non-hydrogen) atoms. The molecular weight excluding hydrogens is 576 g/mol. The minimum atomic E-state index is -0.808. The van der Waals surface area contributed by atoms with Crippen molar-refractivity contribution in [2.24, 2.45) is 5.92 Å². The maximum Gasteiger partial charge on any atom is 0.306 e. The molecule has 1 aliphatic heterocycles. The zero-order valence-corrected chi connectivity index (χ0v) is 29.9. The molecule has 6 nitrogen and oxygen atoms in total. The molecule has 0 amide bonds. The summed E-state index contributed by atoms with van der Waals surface area (Å²) >= 11 is 0. The Labute approximate surface area is 282 Å². The number of unbranched alkanes of at least 4 members (excludes halogenated alkanes) is 13. The van der Waals surface area contributed by atoms with Gasteiger partial charge in [-0.15, -0.1) is 0 Å². The second kappa shape index (κ2) is 30.4. The van der Waals surface area contributed by atoms with Crippen molar-refractivity contribution in [2.75, 3.05) is 13.2 Å². The Morgan fingerprint density at radius 2 is 1.28 bits per heavy atom. The first-order valence-corrected chi connectivity index (χ1v) is 19.0. The predicted octanol–water partition coefficient (Wildman–Crippen LogP) is 10.5. The van der Waals surface area contributed by atoms with Crippen LogP contribution in [0.25, 0.3) is 0 Å². The summed E-state index contributed by atoms with van der Waals surface area (Å²) in [4.78, 5) is 24.3. The lowest BCUT2D eigenvalue weighted by Crippen LogP contribution is -2.28. The van der Waals surface area contributed by atoms with Crippen molar-refractivity contribution in [3.05, 3.63) is 36.5 Å². The van der Waals surface area contributed by atoms with Crippen molar-refractivity contribution in [1.82, 2.24) is 0 Å². The molecule has 0 saturated carbocycles. The van der Waals surface area contributed by atoms with Crippen molar-refractivity contribution >= 4 is 11.9 Å². The van der Waals surface area contributed by atoms with Gasteiger partial charge < -0.3 is 19.3 Å². The number of epoxide rings is 1. The molecule has 1 N–H and O–H groups in total. The number of hydrogen-bond acceptors (Lipinski definition) is 6. The molecule has 0 aliphatic carbocycles. The van der Waals surface area contributed by atoms with Crippen LogP contribution in [0.2, 0.25) is 0 Å². The Hall–Kier alpha value is -1.92. The van der Waals surface area contributed by atoms with Crippen LogP contribution in [0.15, 0.2) is 36.5 Å². The quantitative estimate of drug-likeness (QED) is 0.0339. The Kier molecular flexibility index (Phi) is 27.8. The summed E-state index contributed by atoms with van der Waals surface area (Å²) in [5, 5.41) is 9.56. The fourth-order valence-corrected chi connectivity index (χ4v) is 5.53. The lowest BCUT2D eigenvalue weighted by atomic mass is 10.0. The highest BCUT2D eigenvalue weighted by Gasteiger charge is 2.36. The van der Waals surface area contributed by atoms with Gasteiger partial charge >= 0.3 is 11.9 Å². The third-order valence-electron chi connectivity index (χ3n) is 8.54. The Morgan fingerprint density at radius 1 is 0.696 bits per heavy atom. The molecule has 266 valence electrons. The smallest absolute Gasteiger partial charge is 0.306 e. The number of carbonyl (C=O) groups is 2. The summed E-state index contributed by atoms with van der Waals surface area (Å²) in [6, 6.07) is 0. The van der Waals surface area contributed by atoms with E-state index in [4.69, 9.17) is 14.2 Å². The molecule has 1 aliphatic rings. The summed E-state index contributed by atoms with van der Waals surface area (Å²) in [6.07, 6.45) is 37.9. The van der Waals surface area contributed by atoms with Gasteiger partial charge in [0.2, 0.25) is 0 Å². The first kappa shape index (κ1) is 42.1. The summed E-state index contributed by atoms with van der Waals surface area (Å²) in [7, 11) is 0. The van der Waals surface area contributed by atoms with Crippen LogP contribution in [0, 0.1) is 5.92 Å². The van der Waals surface area contributed by atoms with E-state index in [-0.39, 0.29) is 43.8 Å². The van der Waals surface area contributed by atoms with Crippen LogP contribution < -0.4 is 0 Å². The van der Waals surface area contributed by atoms with Gasteiger partial charge in [-0.3, -0.25) is 9.59 Å². The molecule has 0 aromatic carbocycles. The highest BCUT2D eigenvalue weighted by atomic mass is 16.6. The number of rotatable bonds is 32. The van der Waals surface area contributed by atoms with E-state index in [0.29, 0.717) is 12.8 Å². The Balaban J connectivity index is 1.95. The fourth-order valence-electron chi connectivity index (χ4n) is 5.53. The van der Waals surface area contributed by atoms with Gasteiger partial charge in [0.25, 0.3) is 0 Å². The van der Waals surface area contributed by atoms with E-state index >= 15 is 0 Å². The van der Waals surface area contributed by atoms with E-state index in [0.717, 1.165) is 50.9 Å². The largest absolute Gasteiger partial charge is 0.462 e. The Morgan fingerprint density at radius 3 is 1.91 bits per heavy atom. The number of ether oxygens (including phenoxy) is 3. The fraction of sp³-hybridized carbons (Fsp3) is 0.800. The first-order valence-electron chi connectivity index (χ1n) is 19.0. The average Bonchev–Trinajstić information content (AvgIpc) is 3.79. The average molecular weight is 647 g/mol. The van der Waals surface area contributed by atoms with Crippen LogP contribution in [-0.4, -0.2) is 48.6 Å². The first-order chi connectivity index (χ1) is 22.5. The van der Waals surface area contributed by atoms with E-state index in [1.165, 1.54) is 83.5 Å². The highest BCUT2D eigenvalue weighted by molar-refractivity contribution is 5.70. The van der Waals surface area contributed by atoms with Gasteiger partial charge in [-0.05, 0) is 57.3 Å². The Bertz CT molecular complexity index is 817. The second-order valence-corrected chi connectivity index (χ2v) is 13.5. The lowest BCUT2D eigenvalue weighted by Gasteiger charge is -2.15. The molecule has 0 aromatic heterocycles. The minimum absolute atomic E-state index is 0.0936. The van der Waals surface area contributed by atoms with Crippen LogP contribution in [0.5, 0.6) is 0 Å². The van der Waals surface area contributed by atoms with E-state index in [2.05, 4.69) is 57.2 Å². The van der Waals surface area contributed by atoms with Crippen LogP contribution in [0.1, 0.15) is 168 Å². The summed E-state index contributed by atoms with van der Waals surface area (Å²) in [5.41, 5.74) is 0. The molecule has 6 heteroatoms. The molecule has 0 bridgehead atoms. The van der Waals surface area contributed by atoms with Gasteiger partial charge in [0.1, 0.15) is 6.61 Å². The number of aliphatic hydroxyl groups excluding tert-OH is 1. The van der Waals surface area contributed by atoms with Crippen LogP contribution in [-0.2, 0) is 23.8 Å². The SMILES string of the molecule is CCCCC/C=C\C/C=C\C/C=C\CC1OC1CCCC(=O)O[C@@H](CO)COC(=O)CCCCCCCCCCCCCC(C)C. The van der Waals surface area contributed by atoms with Crippen molar-refractivity contribution in [2.45, 2.75) is 187 Å². The third-order valence-corrected chi connectivity index (χ3v) is 8.54. The van der Waals surface area contributed by atoms with Gasteiger partial charge in [-0.25, -0.2) is 0 Å². The molecule has 1 saturated heterocycles. The van der Waals surface area contributed by atoms with Crippen LogP contribution in [0.3, 0.4) is 0 Å². The maximum absolute atomic E-state index is 12.2. The van der Waals surface area contributed by atoms with Gasteiger partial charge in [0, 0.05) is 12.8 Å². The van der Waals surface area contributed by atoms with Gasteiger partial charge in [-0.1, -0.05) is 141 Å². The van der Waals surface area contributed by atoms with Gasteiger partial charge in [0.15, 0.2) is 6.10 Å². The zero-order valence-electron chi connectivity index (χ0n) is 29.9. The molecule has 0 spiro atoms. The van der Waals surface area contributed by atoms with Crippen molar-refractivity contribution in [3.63, 3.8) is 0 Å². The van der Waals surface area contributed by atoms with E-state index in [1.54, 1.807) is 0 Å². The van der Waals surface area contributed by atoms with Crippen LogP contribution in [0.4, 0.5) is 0 Å². The van der Waals surface area contributed by atoms with Crippen molar-refractivity contribution < 1.29 is 28.9 Å². The lowest BCUT2D eigenvalue weighted by molar-refractivity contribution is -0.161. The standard InChI is InChI=1S/C40H70O6/c1-4-5-6-7-8-9-10-13-16-19-22-25-29-37-38(46-37)30-27-32-40(43)45-36(33-41)34-44-39(42)31-26-23-20-17-14-11-12-15-18-21-24-28-35(2)3/h8-9,13,16,22,25,35-38,41H,4-7,10-12,14-15,17-21,23-24,26-34H2,1-3H3/b9-8-,16-13-,25-22-/t36-,37?,38?/m0/s1. The van der Waals surface area contributed by atoms with E-state index in [1.807, 2.05) is 0 Å². The zero-order chi connectivity index (χ0) is 33.5. The summed E-state index contributed by atoms with van der Waals surface area (Å²) in [5.74, 6) is 0.163. The minimum Gasteiger partial charge on any atom is -0.462 e. The number of hydrogen-bond donors (Lipinski definition) is 1. The maximum atomic E-state index is 12.2. The highest BCUT2D eigenvalue weighted by Crippen LogP contribution is 2.30. The molecule has 0 radical (unpaired) electrons. The summed E-state index contributed by atoms with van der Waals surface area (Å²) in [6.45, 7) is 6.38. The molecular formula is C40H70O6. The number of esters is 2. The number of carbonyl (C=O) groups excluding carboxylic acids is 2. The van der Waals surface area contributed by atoms with Crippen molar-refractivity contribution in [3.8, 4) is 0 Å². The predicted molar refractivity (Wildman–Crippen MR) is 191 cm³/mol. The van der Waals surface area contributed by atoms with Gasteiger partial charge in [0.05, 0.1) is 18.8 Å². The molecule has 1 rings (SSSR count). The van der Waals surface area contributed by atoms with Crippen LogP contribution >= 0.6 is 0 Å². The van der Waals surface area contributed by atoms with Crippen molar-refractivity contribution in [1.29, 1.82) is 0 Å². The molecule has 0 aromatic rings. The normalized spacial score (nSPS) is 17.1. The van der Waals surface area contributed by atoms with E-state index in [9.17, 15) is 14.7 Å². The van der Waals surface area contributed by atoms with Gasteiger partial charge in [-0.2, -0.15) is 0 Å². The molecule has 1 fully saturated rings. The third kappa shape index (κ3) is 27.2. The molecule has 1 heterocycles. The molecule has 2 unspecified atom stereocenters. The monoisotopic (exact) mass is 647 g/mol. The topological polar surface area (TPSA) is 85.4 Å². The number of aliphatic hydroxyl groups is 1. The molecule has 3 atom stereocenters. The summed E-state index contributed by atoms with van der Waals surface area (Å²) < 4.78 is 16.3. The second-order valence-electron chi connectivity index (χ2n) is 13.5. The number of allylic oxidation sites excluding steroid dienone is 5.